The van der Waals surface area contributed by atoms with E-state index in [0.29, 0.717) is 0 Å². The number of hydrogen-bond donors (Lipinski definition) is 0. The molecule has 0 saturated carbocycles. The molecular formula is C19H9I6. The second-order valence-corrected chi connectivity index (χ2v) is 12.1. The average molecular weight is 999 g/mol. The summed E-state index contributed by atoms with van der Waals surface area (Å²) in [4.78, 5) is 0. The first-order valence-corrected chi connectivity index (χ1v) is 13.6. The molecule has 0 unspecified atom stereocenters. The van der Waals surface area contributed by atoms with E-state index >= 15 is 0 Å². The fourth-order valence-electron chi connectivity index (χ4n) is 2.58. The van der Waals surface area contributed by atoms with Gasteiger partial charge in [0.05, 0.1) is 5.92 Å². The third kappa shape index (κ3) is 4.79. The van der Waals surface area contributed by atoms with Crippen LogP contribution in [0.3, 0.4) is 0 Å². The molecule has 0 aliphatic carbocycles. The van der Waals surface area contributed by atoms with Crippen LogP contribution in [0.15, 0.2) is 54.6 Å². The van der Waals surface area contributed by atoms with Gasteiger partial charge in [-0.05, 0) is 189 Å². The molecular weight excluding hydrogens is 990 g/mol. The summed E-state index contributed by atoms with van der Waals surface area (Å²) in [5.41, 5.74) is 3.98. The largest absolute Gasteiger partial charge is 0.0693 e. The molecule has 0 spiro atoms. The van der Waals surface area contributed by atoms with Gasteiger partial charge in [0, 0.05) is 21.4 Å². The maximum atomic E-state index is 2.47. The Morgan fingerprint density at radius 1 is 0.400 bits per heavy atom. The molecule has 0 N–H and O–H groups in total. The van der Waals surface area contributed by atoms with Crippen molar-refractivity contribution in [2.24, 2.45) is 0 Å². The summed E-state index contributed by atoms with van der Waals surface area (Å²) in [5.74, 6) is 1.33. The van der Waals surface area contributed by atoms with Crippen molar-refractivity contribution in [3.63, 3.8) is 0 Å². The molecule has 0 aromatic heterocycles. The van der Waals surface area contributed by atoms with E-state index in [-0.39, 0.29) is 0 Å². The number of rotatable bonds is 3. The lowest BCUT2D eigenvalue weighted by atomic mass is 9.85. The number of hydrogen-bond acceptors (Lipinski definition) is 0. The van der Waals surface area contributed by atoms with Gasteiger partial charge >= 0.3 is 0 Å². The Bertz CT molecular complexity index is 752. The molecule has 127 valence electrons. The van der Waals surface area contributed by atoms with Crippen LogP contribution in [0.1, 0.15) is 16.7 Å². The van der Waals surface area contributed by atoms with E-state index in [0.717, 1.165) is 0 Å². The SMILES string of the molecule is Ic1cccc(I)c1[C](c1c(I)cccc1I)c1c(I)cccc1I. The molecule has 3 aromatic carbocycles. The highest BCUT2D eigenvalue weighted by molar-refractivity contribution is 14.1. The van der Waals surface area contributed by atoms with Crippen LogP contribution in [0.25, 0.3) is 0 Å². The van der Waals surface area contributed by atoms with Gasteiger partial charge in [0.25, 0.3) is 0 Å². The van der Waals surface area contributed by atoms with Crippen molar-refractivity contribution in [2.45, 2.75) is 0 Å². The van der Waals surface area contributed by atoms with E-state index in [4.69, 9.17) is 0 Å². The Kier molecular flexibility index (Phi) is 8.43. The molecule has 25 heavy (non-hydrogen) atoms. The number of benzene rings is 3. The van der Waals surface area contributed by atoms with Gasteiger partial charge < -0.3 is 0 Å². The maximum Gasteiger partial charge on any atom is 0.0693 e. The van der Waals surface area contributed by atoms with Crippen molar-refractivity contribution in [3.05, 3.63) is 98.6 Å². The van der Waals surface area contributed by atoms with Gasteiger partial charge in [-0.1, -0.05) is 18.2 Å². The summed E-state index contributed by atoms with van der Waals surface area (Å²) in [5, 5.41) is 0. The summed E-state index contributed by atoms with van der Waals surface area (Å²) in [6.07, 6.45) is 0. The Morgan fingerprint density at radius 2 is 0.600 bits per heavy atom. The first-order chi connectivity index (χ1) is 11.9. The second-order valence-electron chi connectivity index (χ2n) is 5.16. The molecule has 3 aromatic rings. The van der Waals surface area contributed by atoms with Crippen LogP contribution in [0.2, 0.25) is 0 Å². The Morgan fingerprint density at radius 3 is 0.800 bits per heavy atom. The van der Waals surface area contributed by atoms with Crippen LogP contribution in [0.4, 0.5) is 0 Å². The molecule has 0 nitrogen and oxygen atoms in total. The van der Waals surface area contributed by atoms with Gasteiger partial charge in [0.2, 0.25) is 0 Å². The van der Waals surface area contributed by atoms with Gasteiger partial charge in [-0.3, -0.25) is 0 Å². The molecule has 0 bridgehead atoms. The molecule has 1 radical (unpaired) electrons. The fourth-order valence-corrected chi connectivity index (χ4v) is 8.74. The van der Waals surface area contributed by atoms with Gasteiger partial charge in [0.15, 0.2) is 0 Å². The van der Waals surface area contributed by atoms with Crippen molar-refractivity contribution in [1.82, 2.24) is 0 Å². The zero-order chi connectivity index (χ0) is 18.1. The van der Waals surface area contributed by atoms with Crippen molar-refractivity contribution < 1.29 is 0 Å². The van der Waals surface area contributed by atoms with Gasteiger partial charge in [-0.15, -0.1) is 0 Å². The van der Waals surface area contributed by atoms with Crippen LogP contribution in [-0.2, 0) is 0 Å². The summed E-state index contributed by atoms with van der Waals surface area (Å²) in [7, 11) is 0. The Balaban J connectivity index is 2.42. The fraction of sp³-hybridized carbons (Fsp3) is 0. The lowest BCUT2D eigenvalue weighted by Gasteiger charge is -2.25. The summed E-state index contributed by atoms with van der Waals surface area (Å²) in [6.45, 7) is 0. The molecule has 0 heterocycles. The van der Waals surface area contributed by atoms with Crippen molar-refractivity contribution in [1.29, 1.82) is 0 Å². The van der Waals surface area contributed by atoms with Crippen LogP contribution >= 0.6 is 136 Å². The highest BCUT2D eigenvalue weighted by Gasteiger charge is 2.29. The minimum absolute atomic E-state index is 1.28. The second kappa shape index (κ2) is 9.69. The first kappa shape index (κ1) is 21.7. The molecule has 0 atom stereocenters. The zero-order valence-electron chi connectivity index (χ0n) is 12.5. The molecule has 3 rings (SSSR count). The molecule has 0 fully saturated rings. The monoisotopic (exact) mass is 998 g/mol. The van der Waals surface area contributed by atoms with E-state index in [1.165, 1.54) is 44.0 Å². The minimum Gasteiger partial charge on any atom is -0.0601 e. The lowest BCUT2D eigenvalue weighted by molar-refractivity contribution is 1.16. The van der Waals surface area contributed by atoms with Gasteiger partial charge in [-0.25, -0.2) is 0 Å². The topological polar surface area (TPSA) is 0 Å². The summed E-state index contributed by atoms with van der Waals surface area (Å²) >= 11 is 14.8. The molecule has 0 saturated heterocycles. The lowest BCUT2D eigenvalue weighted by Crippen LogP contribution is -2.14. The van der Waals surface area contributed by atoms with Gasteiger partial charge in [0.1, 0.15) is 0 Å². The molecule has 6 heteroatoms. The van der Waals surface area contributed by atoms with E-state index < -0.39 is 0 Å². The van der Waals surface area contributed by atoms with Crippen molar-refractivity contribution >= 4 is 136 Å². The Labute approximate surface area is 229 Å². The van der Waals surface area contributed by atoms with E-state index in [1.54, 1.807) is 0 Å². The predicted molar refractivity (Wildman–Crippen MR) is 156 cm³/mol. The van der Waals surface area contributed by atoms with E-state index in [2.05, 4.69) is 190 Å². The first-order valence-electron chi connectivity index (χ1n) is 7.12. The molecule has 0 aliphatic heterocycles. The highest BCUT2D eigenvalue weighted by Crippen LogP contribution is 2.43. The molecule has 0 amide bonds. The van der Waals surface area contributed by atoms with Crippen LogP contribution in [0, 0.1) is 27.3 Å². The van der Waals surface area contributed by atoms with E-state index in [9.17, 15) is 0 Å². The highest BCUT2D eigenvalue weighted by atomic mass is 127. The van der Waals surface area contributed by atoms with Crippen molar-refractivity contribution in [2.75, 3.05) is 0 Å². The maximum absolute atomic E-state index is 2.47. The summed E-state index contributed by atoms with van der Waals surface area (Å²) in [6, 6.07) is 19.6. The smallest absolute Gasteiger partial charge is 0.0601 e. The zero-order valence-corrected chi connectivity index (χ0v) is 25.4. The quantitative estimate of drug-likeness (QED) is 0.183. The number of halogens is 6. The van der Waals surface area contributed by atoms with Crippen molar-refractivity contribution in [3.8, 4) is 0 Å². The van der Waals surface area contributed by atoms with Crippen LogP contribution in [-0.4, -0.2) is 0 Å². The standard InChI is InChI=1S/C19H9I6/c20-10-4-1-5-11(21)16(10)19(17-12(22)6-2-7-13(17)23)18-14(24)8-3-9-15(18)25/h1-9H. The van der Waals surface area contributed by atoms with E-state index in [1.807, 2.05) is 0 Å². The molecule has 0 aliphatic rings. The summed E-state index contributed by atoms with van der Waals surface area (Å²) < 4.78 is 7.70. The third-order valence-electron chi connectivity index (χ3n) is 3.64. The van der Waals surface area contributed by atoms with Crippen LogP contribution < -0.4 is 0 Å². The third-order valence-corrected chi connectivity index (χ3v) is 9.03. The minimum atomic E-state index is 1.28. The Hall–Kier alpha value is 2.04. The van der Waals surface area contributed by atoms with Gasteiger partial charge in [-0.2, -0.15) is 0 Å². The van der Waals surface area contributed by atoms with Crippen LogP contribution in [0.5, 0.6) is 0 Å². The normalized spacial score (nSPS) is 11.2. The predicted octanol–water partition coefficient (Wildman–Crippen LogP) is 8.33. The average Bonchev–Trinajstić information content (AvgIpc) is 2.53.